The first kappa shape index (κ1) is 15.1. The molecule has 0 aliphatic heterocycles. The van der Waals surface area contributed by atoms with Gasteiger partial charge in [-0.2, -0.15) is 0 Å². The van der Waals surface area contributed by atoms with E-state index in [9.17, 15) is 14.0 Å². The van der Waals surface area contributed by atoms with Crippen LogP contribution in [0.25, 0.3) is 0 Å². The van der Waals surface area contributed by atoms with Gasteiger partial charge in [0.15, 0.2) is 0 Å². The van der Waals surface area contributed by atoms with E-state index in [0.717, 1.165) is 0 Å². The molecule has 0 aliphatic carbocycles. The molecule has 0 atom stereocenters. The Labute approximate surface area is 136 Å². The van der Waals surface area contributed by atoms with Crippen molar-refractivity contribution in [2.24, 2.45) is 0 Å². The smallest absolute Gasteiger partial charge is 0.256 e. The number of anilines is 1. The minimum absolute atomic E-state index is 0.190. The maximum absolute atomic E-state index is 12.9. The lowest BCUT2D eigenvalue weighted by atomic mass is 10.0. The number of amides is 1. The topological polar surface area (TPSA) is 46.2 Å². The third-order valence-corrected chi connectivity index (χ3v) is 4.13. The van der Waals surface area contributed by atoms with Gasteiger partial charge in [0.1, 0.15) is 5.82 Å². The quantitative estimate of drug-likeness (QED) is 0.724. The molecular weight excluding hydrogens is 313 g/mol. The number of carbonyl (C=O) groups excluding carboxylic acids is 2. The average Bonchev–Trinajstić information content (AvgIpc) is 3.11. The number of rotatable bonds is 4. The Hall–Kier alpha value is -2.79. The largest absolute Gasteiger partial charge is 0.322 e. The lowest BCUT2D eigenvalue weighted by Gasteiger charge is -2.09. The van der Waals surface area contributed by atoms with Crippen LogP contribution >= 0.6 is 11.3 Å². The number of carbonyl (C=O) groups is 2. The zero-order chi connectivity index (χ0) is 16.2. The van der Waals surface area contributed by atoms with E-state index in [0.29, 0.717) is 16.1 Å². The zero-order valence-corrected chi connectivity index (χ0v) is 12.8. The Bertz CT molecular complexity index is 842. The SMILES string of the molecule is O=C(Nc1ccc(F)cc1)c1ccccc1C(=O)c1cccs1. The molecule has 0 aliphatic rings. The molecule has 0 fully saturated rings. The van der Waals surface area contributed by atoms with Crippen molar-refractivity contribution in [2.45, 2.75) is 0 Å². The highest BCUT2D eigenvalue weighted by atomic mass is 32.1. The van der Waals surface area contributed by atoms with Crippen LogP contribution in [0, 0.1) is 5.82 Å². The maximum atomic E-state index is 12.9. The van der Waals surface area contributed by atoms with E-state index in [4.69, 9.17) is 0 Å². The van der Waals surface area contributed by atoms with E-state index in [-0.39, 0.29) is 17.2 Å². The molecule has 1 amide bonds. The second kappa shape index (κ2) is 6.54. The van der Waals surface area contributed by atoms with Crippen LogP contribution in [0.3, 0.4) is 0 Å². The minimum Gasteiger partial charge on any atom is -0.322 e. The van der Waals surface area contributed by atoms with Crippen LogP contribution < -0.4 is 5.32 Å². The van der Waals surface area contributed by atoms with Crippen LogP contribution in [-0.4, -0.2) is 11.7 Å². The monoisotopic (exact) mass is 325 g/mol. The first-order chi connectivity index (χ1) is 11.1. The molecule has 2 aromatic carbocycles. The van der Waals surface area contributed by atoms with Crippen LogP contribution in [0.4, 0.5) is 10.1 Å². The molecule has 1 aromatic heterocycles. The van der Waals surface area contributed by atoms with Crippen molar-refractivity contribution in [1.82, 2.24) is 0 Å². The van der Waals surface area contributed by atoms with Gasteiger partial charge in [0, 0.05) is 11.3 Å². The van der Waals surface area contributed by atoms with Gasteiger partial charge < -0.3 is 5.32 Å². The van der Waals surface area contributed by atoms with Crippen molar-refractivity contribution in [3.8, 4) is 0 Å². The van der Waals surface area contributed by atoms with Crippen LogP contribution in [0.1, 0.15) is 25.6 Å². The Morgan fingerprint density at radius 2 is 1.57 bits per heavy atom. The van der Waals surface area contributed by atoms with Gasteiger partial charge in [-0.05, 0) is 41.8 Å². The molecule has 0 radical (unpaired) electrons. The maximum Gasteiger partial charge on any atom is 0.256 e. The van der Waals surface area contributed by atoms with Gasteiger partial charge >= 0.3 is 0 Å². The lowest BCUT2D eigenvalue weighted by Crippen LogP contribution is -2.16. The summed E-state index contributed by atoms with van der Waals surface area (Å²) in [7, 11) is 0. The van der Waals surface area contributed by atoms with Gasteiger partial charge in [0.2, 0.25) is 5.78 Å². The summed E-state index contributed by atoms with van der Waals surface area (Å²) < 4.78 is 12.9. The van der Waals surface area contributed by atoms with Gasteiger partial charge in [-0.1, -0.05) is 24.3 Å². The molecule has 1 heterocycles. The molecule has 3 rings (SSSR count). The molecule has 23 heavy (non-hydrogen) atoms. The number of thiophene rings is 1. The van der Waals surface area contributed by atoms with Gasteiger partial charge in [-0.25, -0.2) is 4.39 Å². The predicted octanol–water partition coefficient (Wildman–Crippen LogP) is 4.37. The Kier molecular flexibility index (Phi) is 4.30. The molecule has 1 N–H and O–H groups in total. The van der Waals surface area contributed by atoms with Gasteiger partial charge in [-0.3, -0.25) is 9.59 Å². The summed E-state index contributed by atoms with van der Waals surface area (Å²) in [5, 5.41) is 4.49. The Balaban J connectivity index is 1.89. The van der Waals surface area contributed by atoms with Crippen LogP contribution in [0.5, 0.6) is 0 Å². The summed E-state index contributed by atoms with van der Waals surface area (Å²) in [6, 6.07) is 15.6. The highest BCUT2D eigenvalue weighted by Crippen LogP contribution is 2.19. The molecule has 3 nitrogen and oxygen atoms in total. The molecule has 0 spiro atoms. The molecule has 114 valence electrons. The number of halogens is 1. The van der Waals surface area contributed by atoms with E-state index < -0.39 is 5.91 Å². The lowest BCUT2D eigenvalue weighted by molar-refractivity contribution is 0.0998. The first-order valence-electron chi connectivity index (χ1n) is 6.89. The molecule has 0 unspecified atom stereocenters. The third kappa shape index (κ3) is 3.35. The predicted molar refractivity (Wildman–Crippen MR) is 88.5 cm³/mol. The standard InChI is InChI=1S/C18H12FNO2S/c19-12-7-9-13(10-8-12)20-18(22)15-5-2-1-4-14(15)17(21)16-6-3-11-23-16/h1-11H,(H,20,22). The Morgan fingerprint density at radius 3 is 2.22 bits per heavy atom. The Morgan fingerprint density at radius 1 is 0.870 bits per heavy atom. The number of nitrogens with one attached hydrogen (secondary N) is 1. The third-order valence-electron chi connectivity index (χ3n) is 3.26. The fraction of sp³-hybridized carbons (Fsp3) is 0. The van der Waals surface area contributed by atoms with E-state index in [2.05, 4.69) is 5.32 Å². The van der Waals surface area contributed by atoms with Crippen LogP contribution in [0.15, 0.2) is 66.0 Å². The van der Waals surface area contributed by atoms with Crippen LogP contribution in [-0.2, 0) is 0 Å². The summed E-state index contributed by atoms with van der Waals surface area (Å²) in [4.78, 5) is 25.5. The van der Waals surface area contributed by atoms with Crippen molar-refractivity contribution in [1.29, 1.82) is 0 Å². The molecule has 0 saturated carbocycles. The average molecular weight is 325 g/mol. The van der Waals surface area contributed by atoms with Gasteiger partial charge in [0.25, 0.3) is 5.91 Å². The fourth-order valence-electron chi connectivity index (χ4n) is 2.15. The van der Waals surface area contributed by atoms with E-state index in [1.54, 1.807) is 36.4 Å². The number of benzene rings is 2. The summed E-state index contributed by atoms with van der Waals surface area (Å²) >= 11 is 1.33. The van der Waals surface area contributed by atoms with Crippen molar-refractivity contribution >= 4 is 28.7 Å². The first-order valence-corrected chi connectivity index (χ1v) is 7.77. The van der Waals surface area contributed by atoms with E-state index >= 15 is 0 Å². The van der Waals surface area contributed by atoms with Gasteiger partial charge in [0.05, 0.1) is 10.4 Å². The minimum atomic E-state index is -0.405. The van der Waals surface area contributed by atoms with E-state index in [1.165, 1.54) is 35.6 Å². The fourth-order valence-corrected chi connectivity index (χ4v) is 2.83. The molecular formula is C18H12FNO2S. The number of hydrogen-bond donors (Lipinski definition) is 1. The van der Waals surface area contributed by atoms with Crippen molar-refractivity contribution in [3.05, 3.63) is 87.9 Å². The summed E-state index contributed by atoms with van der Waals surface area (Å²) in [6.45, 7) is 0. The van der Waals surface area contributed by atoms with E-state index in [1.807, 2.05) is 5.38 Å². The molecule has 5 heteroatoms. The molecule has 3 aromatic rings. The van der Waals surface area contributed by atoms with Crippen molar-refractivity contribution in [3.63, 3.8) is 0 Å². The normalized spacial score (nSPS) is 10.3. The van der Waals surface area contributed by atoms with Crippen LogP contribution in [0.2, 0.25) is 0 Å². The van der Waals surface area contributed by atoms with Crippen molar-refractivity contribution in [2.75, 3.05) is 5.32 Å². The number of hydrogen-bond acceptors (Lipinski definition) is 3. The van der Waals surface area contributed by atoms with Gasteiger partial charge in [-0.15, -0.1) is 11.3 Å². The zero-order valence-electron chi connectivity index (χ0n) is 12.0. The highest BCUT2D eigenvalue weighted by Gasteiger charge is 2.18. The molecule has 0 bridgehead atoms. The highest BCUT2D eigenvalue weighted by molar-refractivity contribution is 7.12. The summed E-state index contributed by atoms with van der Waals surface area (Å²) in [6.07, 6.45) is 0. The second-order valence-corrected chi connectivity index (χ2v) is 5.76. The number of ketones is 1. The summed E-state index contributed by atoms with van der Waals surface area (Å²) in [5.74, 6) is -0.974. The van der Waals surface area contributed by atoms with Crippen molar-refractivity contribution < 1.29 is 14.0 Å². The summed E-state index contributed by atoms with van der Waals surface area (Å²) in [5.41, 5.74) is 1.10. The second-order valence-electron chi connectivity index (χ2n) is 4.81. The molecule has 0 saturated heterocycles.